The van der Waals surface area contributed by atoms with E-state index >= 15 is 0 Å². The van der Waals surface area contributed by atoms with Gasteiger partial charge in [-0.15, -0.1) is 0 Å². The molecule has 0 aromatic heterocycles. The van der Waals surface area contributed by atoms with E-state index in [1.54, 1.807) is 11.8 Å². The quantitative estimate of drug-likeness (QED) is 0.0686. The van der Waals surface area contributed by atoms with Crippen molar-refractivity contribution in [2.45, 2.75) is 16.6 Å². The molecule has 0 saturated carbocycles. The van der Waals surface area contributed by atoms with Gasteiger partial charge in [0, 0.05) is 22.3 Å². The summed E-state index contributed by atoms with van der Waals surface area (Å²) in [5.74, 6) is -1.20. The molecule has 1 heterocycles. The Morgan fingerprint density at radius 2 is 1.06 bits per heavy atom. The summed E-state index contributed by atoms with van der Waals surface area (Å²) in [6.45, 7) is 0. The van der Waals surface area contributed by atoms with Crippen LogP contribution >= 0.6 is 11.8 Å². The van der Waals surface area contributed by atoms with E-state index in [9.17, 15) is 9.90 Å². The first kappa shape index (κ1) is 32.6. The number of nitrogens with zero attached hydrogens (tertiary/aromatic N) is 1. The molecular formula is C43H35N3O3S. The minimum absolute atomic E-state index is 0.229. The molecule has 0 fully saturated rings. The van der Waals surface area contributed by atoms with Gasteiger partial charge in [0.1, 0.15) is 5.50 Å². The maximum absolute atomic E-state index is 11.6. The Morgan fingerprint density at radius 1 is 0.640 bits per heavy atom. The predicted molar refractivity (Wildman–Crippen MR) is 201 cm³/mol. The number of oxime groups is 1. The molecule has 1 aliphatic rings. The summed E-state index contributed by atoms with van der Waals surface area (Å²) in [5.41, 5.74) is 5.38. The third kappa shape index (κ3) is 6.32. The van der Waals surface area contributed by atoms with Gasteiger partial charge in [0.25, 0.3) is 0 Å². The molecular weight excluding hydrogens is 639 g/mol. The highest BCUT2D eigenvalue weighted by Gasteiger charge is 2.43. The molecule has 6 aromatic carbocycles. The monoisotopic (exact) mass is 673 g/mol. The van der Waals surface area contributed by atoms with Crippen LogP contribution in [-0.4, -0.2) is 22.8 Å². The first-order chi connectivity index (χ1) is 24.6. The van der Waals surface area contributed by atoms with Crippen LogP contribution in [0.5, 0.6) is 0 Å². The number of benzene rings is 6. The van der Waals surface area contributed by atoms with Gasteiger partial charge in [-0.2, -0.15) is 0 Å². The average Bonchev–Trinajstić information content (AvgIpc) is 3.66. The molecule has 1 aliphatic heterocycles. The maximum Gasteiger partial charge on any atom is 0.350 e. The van der Waals surface area contributed by atoms with Crippen LogP contribution in [0.25, 0.3) is 5.70 Å². The predicted octanol–water partition coefficient (Wildman–Crippen LogP) is 8.57. The zero-order valence-corrected chi connectivity index (χ0v) is 27.9. The Balaban J connectivity index is 1.33. The van der Waals surface area contributed by atoms with E-state index in [-0.39, 0.29) is 5.50 Å². The van der Waals surface area contributed by atoms with Gasteiger partial charge in [0.15, 0.2) is 6.21 Å². The van der Waals surface area contributed by atoms with Crippen molar-refractivity contribution < 1.29 is 14.7 Å². The van der Waals surface area contributed by atoms with E-state index < -0.39 is 17.1 Å². The first-order valence-electron chi connectivity index (χ1n) is 16.3. The molecule has 50 heavy (non-hydrogen) atoms. The van der Waals surface area contributed by atoms with E-state index in [0.29, 0.717) is 0 Å². The summed E-state index contributed by atoms with van der Waals surface area (Å²) < 4.78 is 0. The van der Waals surface area contributed by atoms with Crippen molar-refractivity contribution in [3.63, 3.8) is 0 Å². The van der Waals surface area contributed by atoms with Gasteiger partial charge < -0.3 is 15.3 Å². The van der Waals surface area contributed by atoms with Crippen molar-refractivity contribution in [3.8, 4) is 0 Å². The fourth-order valence-electron chi connectivity index (χ4n) is 6.72. The largest absolute Gasteiger partial charge is 0.477 e. The second-order valence-corrected chi connectivity index (χ2v) is 12.8. The summed E-state index contributed by atoms with van der Waals surface area (Å²) in [7, 11) is 0. The second-order valence-electron chi connectivity index (χ2n) is 11.8. The summed E-state index contributed by atoms with van der Waals surface area (Å²) in [4.78, 5) is 18.0. The molecule has 0 saturated heterocycles. The topological polar surface area (TPSA) is 83.0 Å². The fraction of sp³-hybridized carbons (Fsp3) is 0.0698. The lowest BCUT2D eigenvalue weighted by molar-refractivity contribution is -0.129. The number of hydrogen-bond donors (Lipinski definition) is 3. The van der Waals surface area contributed by atoms with E-state index in [2.05, 4.69) is 100 Å². The third-order valence-corrected chi connectivity index (χ3v) is 9.77. The summed E-state index contributed by atoms with van der Waals surface area (Å²) in [5, 5.41) is 23.4. The van der Waals surface area contributed by atoms with E-state index in [1.165, 1.54) is 0 Å². The molecule has 7 rings (SSSR count). The molecule has 6 nitrogen and oxygen atoms in total. The van der Waals surface area contributed by atoms with E-state index in [0.717, 1.165) is 50.9 Å². The number of hydrogen-bond acceptors (Lipinski definition) is 6. The van der Waals surface area contributed by atoms with Crippen molar-refractivity contribution in [1.82, 2.24) is 10.6 Å². The lowest BCUT2D eigenvalue weighted by Gasteiger charge is -2.39. The van der Waals surface area contributed by atoms with Crippen molar-refractivity contribution in [2.75, 3.05) is 0 Å². The SMILES string of the molecule is O=C(O)/C=N/OC(c1ccccc1)(c1ccccc1)c1ccccc1C1=CSC(NC(c2ccccc2)(c2ccccc2)c2ccccc2)N1. The molecule has 0 radical (unpaired) electrons. The van der Waals surface area contributed by atoms with Gasteiger partial charge in [-0.25, -0.2) is 4.79 Å². The molecule has 3 N–H and O–H groups in total. The zero-order valence-electron chi connectivity index (χ0n) is 27.1. The van der Waals surface area contributed by atoms with Crippen LogP contribution in [0.2, 0.25) is 0 Å². The lowest BCUT2D eigenvalue weighted by Crippen LogP contribution is -2.52. The number of carboxylic acids is 1. The third-order valence-electron chi connectivity index (χ3n) is 8.89. The van der Waals surface area contributed by atoms with Crippen LogP contribution in [-0.2, 0) is 20.8 Å². The highest BCUT2D eigenvalue weighted by atomic mass is 32.2. The van der Waals surface area contributed by atoms with Crippen molar-refractivity contribution in [3.05, 3.63) is 220 Å². The van der Waals surface area contributed by atoms with Gasteiger partial charge in [-0.3, -0.25) is 5.32 Å². The van der Waals surface area contributed by atoms with Crippen LogP contribution in [0.3, 0.4) is 0 Å². The highest BCUT2D eigenvalue weighted by Crippen LogP contribution is 2.45. The number of rotatable bonds is 12. The number of aliphatic carboxylic acids is 1. The van der Waals surface area contributed by atoms with Gasteiger partial charge in [0.2, 0.25) is 5.60 Å². The molecule has 0 aliphatic carbocycles. The molecule has 0 amide bonds. The fourth-order valence-corrected chi connectivity index (χ4v) is 7.63. The van der Waals surface area contributed by atoms with Crippen LogP contribution in [0, 0.1) is 0 Å². The molecule has 7 heteroatoms. The van der Waals surface area contributed by atoms with Gasteiger partial charge in [0.05, 0.1) is 11.2 Å². The lowest BCUT2D eigenvalue weighted by atomic mass is 9.77. The van der Waals surface area contributed by atoms with Gasteiger partial charge in [-0.05, 0) is 22.1 Å². The van der Waals surface area contributed by atoms with Crippen LogP contribution in [0.1, 0.15) is 38.9 Å². The molecule has 1 unspecified atom stereocenters. The first-order valence-corrected chi connectivity index (χ1v) is 17.3. The number of nitrogens with one attached hydrogen (secondary N) is 2. The van der Waals surface area contributed by atoms with Crippen LogP contribution < -0.4 is 10.6 Å². The van der Waals surface area contributed by atoms with Crippen LogP contribution in [0.15, 0.2) is 186 Å². The standard InChI is InChI=1S/C43H35N3O3S/c47-40(48)30-44-49-43(35-24-12-4-13-25-35,36-26-14-5-15-27-36)38-29-17-16-28-37(38)39-31-50-41(45-39)46-42(32-18-6-1-7-19-32,33-20-8-2-9-21-33)34-22-10-3-11-23-34/h1-31,41,45-46H,(H,47,48)/b44-30+. The Morgan fingerprint density at radius 3 is 1.52 bits per heavy atom. The highest BCUT2D eigenvalue weighted by molar-refractivity contribution is 8.03. The maximum atomic E-state index is 11.6. The summed E-state index contributed by atoms with van der Waals surface area (Å²) in [6, 6.07) is 59.2. The Hall–Kier alpha value is -5.89. The van der Waals surface area contributed by atoms with E-state index in [4.69, 9.17) is 4.84 Å². The molecule has 0 spiro atoms. The molecule has 246 valence electrons. The Kier molecular flexibility index (Phi) is 9.60. The number of thioether (sulfide) groups is 1. The summed E-state index contributed by atoms with van der Waals surface area (Å²) in [6.07, 6.45) is 0.780. The summed E-state index contributed by atoms with van der Waals surface area (Å²) >= 11 is 1.66. The van der Waals surface area contributed by atoms with Gasteiger partial charge in [-0.1, -0.05) is 193 Å². The second kappa shape index (κ2) is 14.7. The van der Waals surface area contributed by atoms with Crippen molar-refractivity contribution >= 4 is 29.6 Å². The van der Waals surface area contributed by atoms with Gasteiger partial charge >= 0.3 is 5.97 Å². The smallest absolute Gasteiger partial charge is 0.350 e. The molecule has 1 atom stereocenters. The van der Waals surface area contributed by atoms with Crippen molar-refractivity contribution in [2.24, 2.45) is 5.16 Å². The minimum Gasteiger partial charge on any atom is -0.477 e. The minimum atomic E-state index is -1.27. The number of carboxylic acid groups (broad SMARTS) is 1. The van der Waals surface area contributed by atoms with Crippen molar-refractivity contribution in [1.29, 1.82) is 0 Å². The molecule has 0 bridgehead atoms. The number of carbonyl (C=O) groups is 1. The normalized spacial score (nSPS) is 14.6. The Bertz CT molecular complexity index is 1960. The van der Waals surface area contributed by atoms with Crippen LogP contribution in [0.4, 0.5) is 0 Å². The average molecular weight is 674 g/mol. The molecule has 6 aromatic rings. The Labute approximate surface area is 296 Å². The van der Waals surface area contributed by atoms with E-state index in [1.807, 2.05) is 97.1 Å². The zero-order chi connectivity index (χ0) is 34.2.